The molecule has 0 unspecified atom stereocenters. The summed E-state index contributed by atoms with van der Waals surface area (Å²) in [6.45, 7) is 2.89. The van der Waals surface area contributed by atoms with E-state index in [9.17, 15) is 4.79 Å². The van der Waals surface area contributed by atoms with Gasteiger partial charge in [-0.2, -0.15) is 0 Å². The number of pyridine rings is 1. The summed E-state index contributed by atoms with van der Waals surface area (Å²) in [5, 5.41) is 1.97. The maximum absolute atomic E-state index is 13.2. The molecule has 35 heavy (non-hydrogen) atoms. The number of rotatable bonds is 7. The standard InChI is InChI=1S/C29H30ClN3O2/c1-32(29(34)28-12-6-18-35-28)27(19-22-7-2-3-10-25(22)30)21-13-16-33(17-14-21)20-23-8-4-11-26-24(23)9-5-15-31-26/h2-12,15,18,21,27H,13-14,16-17,19-20H2,1H3/t27-/m0/s1. The molecule has 5 rings (SSSR count). The van der Waals surface area contributed by atoms with E-state index in [1.54, 1.807) is 18.4 Å². The van der Waals surface area contributed by atoms with Crippen LogP contribution in [0.25, 0.3) is 10.9 Å². The summed E-state index contributed by atoms with van der Waals surface area (Å²) in [5.41, 5.74) is 3.42. The van der Waals surface area contributed by atoms with Gasteiger partial charge >= 0.3 is 0 Å². The molecule has 0 radical (unpaired) electrons. The highest BCUT2D eigenvalue weighted by Gasteiger charge is 2.33. The Hall–Kier alpha value is -3.15. The summed E-state index contributed by atoms with van der Waals surface area (Å²) < 4.78 is 5.42. The lowest BCUT2D eigenvalue weighted by Gasteiger charge is -2.40. The third-order valence-electron chi connectivity index (χ3n) is 7.24. The Morgan fingerprint density at radius 3 is 2.63 bits per heavy atom. The molecule has 0 saturated carbocycles. The minimum Gasteiger partial charge on any atom is -0.459 e. The maximum atomic E-state index is 13.2. The molecule has 4 aromatic rings. The number of halogens is 1. The first-order valence-corrected chi connectivity index (χ1v) is 12.6. The highest BCUT2D eigenvalue weighted by Crippen LogP contribution is 2.30. The topological polar surface area (TPSA) is 49.6 Å². The van der Waals surface area contributed by atoms with E-state index >= 15 is 0 Å². The molecule has 1 aliphatic rings. The molecule has 1 atom stereocenters. The SMILES string of the molecule is CN(C(=O)c1ccco1)[C@@H](Cc1ccccc1Cl)C1CCN(Cc2cccc3ncccc23)CC1. The van der Waals surface area contributed by atoms with Gasteiger partial charge in [-0.1, -0.05) is 48.0 Å². The van der Waals surface area contributed by atoms with Gasteiger partial charge < -0.3 is 9.32 Å². The highest BCUT2D eigenvalue weighted by molar-refractivity contribution is 6.31. The number of hydrogen-bond donors (Lipinski definition) is 0. The van der Waals surface area contributed by atoms with E-state index in [0.29, 0.717) is 11.7 Å². The van der Waals surface area contributed by atoms with Crippen LogP contribution in [0.5, 0.6) is 0 Å². The molecule has 6 heteroatoms. The van der Waals surface area contributed by atoms with Gasteiger partial charge in [0.25, 0.3) is 5.91 Å². The molecule has 1 amide bonds. The van der Waals surface area contributed by atoms with Crippen molar-refractivity contribution in [2.75, 3.05) is 20.1 Å². The molecule has 0 aliphatic carbocycles. The lowest BCUT2D eigenvalue weighted by Crippen LogP contribution is -2.47. The van der Waals surface area contributed by atoms with Crippen LogP contribution in [-0.4, -0.2) is 46.9 Å². The molecule has 1 aliphatic heterocycles. The van der Waals surface area contributed by atoms with Crippen molar-refractivity contribution in [1.82, 2.24) is 14.8 Å². The van der Waals surface area contributed by atoms with E-state index in [0.717, 1.165) is 55.0 Å². The summed E-state index contributed by atoms with van der Waals surface area (Å²) in [4.78, 5) is 22.1. The summed E-state index contributed by atoms with van der Waals surface area (Å²) in [7, 11) is 1.89. The van der Waals surface area contributed by atoms with Crippen molar-refractivity contribution >= 4 is 28.4 Å². The average Bonchev–Trinajstić information content (AvgIpc) is 3.43. The number of carbonyl (C=O) groups excluding carboxylic acids is 1. The van der Waals surface area contributed by atoms with Gasteiger partial charge in [0.1, 0.15) is 0 Å². The molecule has 2 aromatic carbocycles. The van der Waals surface area contributed by atoms with Gasteiger partial charge in [-0.15, -0.1) is 0 Å². The number of benzene rings is 2. The van der Waals surface area contributed by atoms with E-state index < -0.39 is 0 Å². The second kappa shape index (κ2) is 10.6. The molecular formula is C29H30ClN3O2. The fourth-order valence-corrected chi connectivity index (χ4v) is 5.49. The highest BCUT2D eigenvalue weighted by atomic mass is 35.5. The zero-order valence-electron chi connectivity index (χ0n) is 19.9. The Bertz CT molecular complexity index is 1280. The Morgan fingerprint density at radius 1 is 1.06 bits per heavy atom. The van der Waals surface area contributed by atoms with Crippen molar-refractivity contribution in [1.29, 1.82) is 0 Å². The average molecular weight is 488 g/mol. The van der Waals surface area contributed by atoms with Gasteiger partial charge in [-0.25, -0.2) is 0 Å². The van der Waals surface area contributed by atoms with Gasteiger partial charge in [0.05, 0.1) is 11.8 Å². The Kier molecular flexibility index (Phi) is 7.16. The first-order chi connectivity index (χ1) is 17.1. The summed E-state index contributed by atoms with van der Waals surface area (Å²) in [6.07, 6.45) is 6.16. The number of likely N-dealkylation sites (tertiary alicyclic amines) is 1. The van der Waals surface area contributed by atoms with Crippen LogP contribution in [0.15, 0.2) is 83.6 Å². The van der Waals surface area contributed by atoms with Crippen LogP contribution in [0.3, 0.4) is 0 Å². The summed E-state index contributed by atoms with van der Waals surface area (Å²) >= 11 is 6.52. The van der Waals surface area contributed by atoms with Gasteiger partial charge in [0.2, 0.25) is 0 Å². The van der Waals surface area contributed by atoms with Gasteiger partial charge in [-0.3, -0.25) is 14.7 Å². The third-order valence-corrected chi connectivity index (χ3v) is 7.61. The molecule has 1 saturated heterocycles. The number of piperidine rings is 1. The zero-order valence-corrected chi connectivity index (χ0v) is 20.7. The predicted octanol–water partition coefficient (Wildman–Crippen LogP) is 6.08. The minimum atomic E-state index is -0.0854. The Balaban J connectivity index is 1.31. The zero-order chi connectivity index (χ0) is 24.2. The predicted molar refractivity (Wildman–Crippen MR) is 139 cm³/mol. The second-order valence-electron chi connectivity index (χ2n) is 9.36. The van der Waals surface area contributed by atoms with E-state index in [1.807, 2.05) is 42.4 Å². The largest absolute Gasteiger partial charge is 0.459 e. The fourth-order valence-electron chi connectivity index (χ4n) is 5.28. The third kappa shape index (κ3) is 5.26. The lowest BCUT2D eigenvalue weighted by molar-refractivity contribution is 0.0556. The minimum absolute atomic E-state index is 0.0383. The Morgan fingerprint density at radius 2 is 1.86 bits per heavy atom. The Labute approximate surface area is 211 Å². The number of hydrogen-bond acceptors (Lipinski definition) is 4. The van der Waals surface area contributed by atoms with Crippen molar-refractivity contribution in [3.8, 4) is 0 Å². The summed E-state index contributed by atoms with van der Waals surface area (Å²) in [6, 6.07) is 22.0. The number of carbonyl (C=O) groups is 1. The van der Waals surface area contributed by atoms with Crippen molar-refractivity contribution in [3.05, 3.63) is 101 Å². The van der Waals surface area contributed by atoms with Gasteiger partial charge in [-0.05, 0) is 79.7 Å². The van der Waals surface area contributed by atoms with Crippen molar-refractivity contribution in [2.24, 2.45) is 5.92 Å². The van der Waals surface area contributed by atoms with Crippen LogP contribution in [0.1, 0.15) is 34.5 Å². The van der Waals surface area contributed by atoms with Crippen LogP contribution < -0.4 is 0 Å². The molecule has 0 spiro atoms. The number of likely N-dealkylation sites (N-methyl/N-ethyl adjacent to an activating group) is 1. The van der Waals surface area contributed by atoms with Crippen LogP contribution in [-0.2, 0) is 13.0 Å². The van der Waals surface area contributed by atoms with Gasteiger partial charge in [0, 0.05) is 36.2 Å². The second-order valence-corrected chi connectivity index (χ2v) is 9.76. The first kappa shape index (κ1) is 23.6. The molecule has 0 N–H and O–H groups in total. The molecular weight excluding hydrogens is 458 g/mol. The van der Waals surface area contributed by atoms with Crippen molar-refractivity contribution in [2.45, 2.75) is 31.8 Å². The van der Waals surface area contributed by atoms with Crippen LogP contribution in [0, 0.1) is 5.92 Å². The first-order valence-electron chi connectivity index (χ1n) is 12.2. The number of fused-ring (bicyclic) bond motifs is 1. The normalized spacial score (nSPS) is 15.8. The molecule has 3 heterocycles. The van der Waals surface area contributed by atoms with Crippen LogP contribution in [0.4, 0.5) is 0 Å². The van der Waals surface area contributed by atoms with Crippen LogP contribution in [0.2, 0.25) is 5.02 Å². The van der Waals surface area contributed by atoms with Crippen LogP contribution >= 0.6 is 11.6 Å². The number of nitrogens with zero attached hydrogens (tertiary/aromatic N) is 3. The maximum Gasteiger partial charge on any atom is 0.289 e. The molecule has 2 aromatic heterocycles. The number of amides is 1. The van der Waals surface area contributed by atoms with E-state index in [4.69, 9.17) is 16.0 Å². The summed E-state index contributed by atoms with van der Waals surface area (Å²) in [5.74, 6) is 0.664. The molecule has 180 valence electrons. The molecule has 0 bridgehead atoms. The quantitative estimate of drug-likeness (QED) is 0.317. The van der Waals surface area contributed by atoms with Crippen molar-refractivity contribution < 1.29 is 9.21 Å². The van der Waals surface area contributed by atoms with Crippen molar-refractivity contribution in [3.63, 3.8) is 0 Å². The molecule has 5 nitrogen and oxygen atoms in total. The van der Waals surface area contributed by atoms with Gasteiger partial charge in [0.15, 0.2) is 5.76 Å². The lowest BCUT2D eigenvalue weighted by atomic mass is 9.84. The fraction of sp³-hybridized carbons (Fsp3) is 0.310. The van der Waals surface area contributed by atoms with E-state index in [-0.39, 0.29) is 11.9 Å². The smallest absolute Gasteiger partial charge is 0.289 e. The molecule has 1 fully saturated rings. The van der Waals surface area contributed by atoms with E-state index in [1.165, 1.54) is 10.9 Å². The number of aromatic nitrogens is 1. The monoisotopic (exact) mass is 487 g/mol. The number of furan rings is 1. The van der Waals surface area contributed by atoms with E-state index in [2.05, 4.69) is 40.2 Å².